The Balaban J connectivity index is 0.00000242. The fourth-order valence-electron chi connectivity index (χ4n) is 2.58. The van der Waals surface area contributed by atoms with Crippen LogP contribution in [-0.2, 0) is 9.59 Å². The molecule has 0 spiro atoms. The summed E-state index contributed by atoms with van der Waals surface area (Å²) in [6.45, 7) is 5.19. The first-order valence-electron chi connectivity index (χ1n) is 7.45. The molecule has 1 aliphatic heterocycles. The first-order chi connectivity index (χ1) is 10.1. The lowest BCUT2D eigenvalue weighted by Gasteiger charge is -2.24. The summed E-state index contributed by atoms with van der Waals surface area (Å²) in [4.78, 5) is 23.3. The minimum absolute atomic E-state index is 0. The van der Waals surface area contributed by atoms with Crippen LogP contribution < -0.4 is 16.0 Å². The van der Waals surface area contributed by atoms with Gasteiger partial charge in [-0.3, -0.25) is 9.59 Å². The van der Waals surface area contributed by atoms with E-state index in [0.29, 0.717) is 0 Å². The molecule has 2 atom stereocenters. The summed E-state index contributed by atoms with van der Waals surface area (Å²) < 4.78 is 0. The number of halogens is 1. The highest BCUT2D eigenvalue weighted by atomic mass is 35.5. The Morgan fingerprint density at radius 1 is 1.36 bits per heavy atom. The van der Waals surface area contributed by atoms with Gasteiger partial charge in [0, 0.05) is 19.2 Å². The van der Waals surface area contributed by atoms with Gasteiger partial charge in [0.2, 0.25) is 11.8 Å². The van der Waals surface area contributed by atoms with Crippen molar-refractivity contribution >= 4 is 29.9 Å². The Bertz CT molecular complexity index is 516. The molecule has 1 aromatic rings. The molecule has 3 N–H and O–H groups in total. The maximum absolute atomic E-state index is 12.2. The van der Waals surface area contributed by atoms with Crippen LogP contribution in [0.5, 0.6) is 0 Å². The molecular formula is C16H24ClN3O2. The molecule has 122 valence electrons. The minimum Gasteiger partial charge on any atom is -0.349 e. The number of piperidine rings is 1. The van der Waals surface area contributed by atoms with Gasteiger partial charge in [-0.05, 0) is 44.0 Å². The number of hydrogen-bond acceptors (Lipinski definition) is 3. The number of nitrogens with one attached hydrogen (secondary N) is 3. The first kappa shape index (κ1) is 18.5. The van der Waals surface area contributed by atoms with E-state index in [1.165, 1.54) is 6.92 Å². The summed E-state index contributed by atoms with van der Waals surface area (Å²) in [5.74, 6) is 0.0523. The standard InChI is InChI=1S/C16H23N3O2.ClH/c1-11(18-16(21)14-6-4-8-17-10-14)13-5-3-7-15(9-13)19-12(2)20;/h3,5,7,9,11,14,17H,4,6,8,10H2,1-2H3,(H,18,21)(H,19,20);1H/t11?,14-;/m1./s1. The molecule has 0 aliphatic carbocycles. The second-order valence-corrected chi connectivity index (χ2v) is 5.58. The van der Waals surface area contributed by atoms with Gasteiger partial charge in [-0.2, -0.15) is 0 Å². The zero-order valence-electron chi connectivity index (χ0n) is 13.0. The summed E-state index contributed by atoms with van der Waals surface area (Å²) in [5.41, 5.74) is 1.74. The minimum atomic E-state index is -0.0999. The van der Waals surface area contributed by atoms with Gasteiger partial charge in [-0.1, -0.05) is 12.1 Å². The van der Waals surface area contributed by atoms with Crippen LogP contribution in [0.25, 0.3) is 0 Å². The third-order valence-electron chi connectivity index (χ3n) is 3.73. The quantitative estimate of drug-likeness (QED) is 0.795. The Kier molecular flexibility index (Phi) is 7.35. The monoisotopic (exact) mass is 325 g/mol. The lowest BCUT2D eigenvalue weighted by atomic mass is 9.98. The van der Waals surface area contributed by atoms with Crippen LogP contribution in [0.2, 0.25) is 0 Å². The van der Waals surface area contributed by atoms with Gasteiger partial charge in [0.1, 0.15) is 0 Å². The normalized spacial score (nSPS) is 18.7. The second-order valence-electron chi connectivity index (χ2n) is 5.58. The van der Waals surface area contributed by atoms with E-state index in [0.717, 1.165) is 37.2 Å². The Hall–Kier alpha value is -1.59. The van der Waals surface area contributed by atoms with Crippen molar-refractivity contribution in [3.63, 3.8) is 0 Å². The van der Waals surface area contributed by atoms with Crippen molar-refractivity contribution < 1.29 is 9.59 Å². The third kappa shape index (κ3) is 5.31. The molecule has 1 saturated heterocycles. The summed E-state index contributed by atoms with van der Waals surface area (Å²) in [6.07, 6.45) is 1.99. The van der Waals surface area contributed by atoms with Crippen LogP contribution in [-0.4, -0.2) is 24.9 Å². The van der Waals surface area contributed by atoms with Gasteiger partial charge in [-0.15, -0.1) is 12.4 Å². The van der Waals surface area contributed by atoms with E-state index in [1.54, 1.807) is 0 Å². The number of hydrogen-bond donors (Lipinski definition) is 3. The van der Waals surface area contributed by atoms with Crippen molar-refractivity contribution in [3.8, 4) is 0 Å². The summed E-state index contributed by atoms with van der Waals surface area (Å²) in [5, 5.41) is 9.06. The van der Waals surface area contributed by atoms with Crippen molar-refractivity contribution in [2.45, 2.75) is 32.7 Å². The smallest absolute Gasteiger partial charge is 0.224 e. The average molecular weight is 326 g/mol. The summed E-state index contributed by atoms with van der Waals surface area (Å²) >= 11 is 0. The number of carbonyl (C=O) groups is 2. The fourth-order valence-corrected chi connectivity index (χ4v) is 2.58. The van der Waals surface area contributed by atoms with E-state index in [9.17, 15) is 9.59 Å². The SMILES string of the molecule is CC(=O)Nc1cccc(C(C)NC(=O)[C@@H]2CCCNC2)c1.Cl. The van der Waals surface area contributed by atoms with Crippen LogP contribution in [0, 0.1) is 5.92 Å². The van der Waals surface area contributed by atoms with Gasteiger partial charge >= 0.3 is 0 Å². The maximum atomic E-state index is 12.2. The zero-order chi connectivity index (χ0) is 15.2. The molecule has 0 radical (unpaired) electrons. The predicted molar refractivity (Wildman–Crippen MR) is 90.1 cm³/mol. The lowest BCUT2D eigenvalue weighted by molar-refractivity contribution is -0.126. The molecule has 0 bridgehead atoms. The first-order valence-corrected chi connectivity index (χ1v) is 7.45. The molecule has 6 heteroatoms. The lowest BCUT2D eigenvalue weighted by Crippen LogP contribution is -2.41. The molecule has 1 aliphatic rings. The van der Waals surface area contributed by atoms with E-state index in [2.05, 4.69) is 16.0 Å². The van der Waals surface area contributed by atoms with Crippen LogP contribution in [0.4, 0.5) is 5.69 Å². The zero-order valence-corrected chi connectivity index (χ0v) is 13.8. The highest BCUT2D eigenvalue weighted by Crippen LogP contribution is 2.19. The van der Waals surface area contributed by atoms with E-state index in [-0.39, 0.29) is 36.2 Å². The molecule has 0 saturated carbocycles. The molecule has 1 aromatic carbocycles. The van der Waals surface area contributed by atoms with Crippen LogP contribution in [0.3, 0.4) is 0 Å². The maximum Gasteiger partial charge on any atom is 0.224 e. The van der Waals surface area contributed by atoms with Crippen LogP contribution in [0.15, 0.2) is 24.3 Å². The molecule has 1 unspecified atom stereocenters. The van der Waals surface area contributed by atoms with Crippen LogP contribution in [0.1, 0.15) is 38.3 Å². The van der Waals surface area contributed by atoms with Crippen molar-refractivity contribution in [2.75, 3.05) is 18.4 Å². The summed E-state index contributed by atoms with van der Waals surface area (Å²) in [7, 11) is 0. The van der Waals surface area contributed by atoms with E-state index >= 15 is 0 Å². The van der Waals surface area contributed by atoms with Crippen LogP contribution >= 0.6 is 12.4 Å². The Morgan fingerprint density at radius 2 is 2.14 bits per heavy atom. The number of benzene rings is 1. The van der Waals surface area contributed by atoms with Gasteiger partial charge < -0.3 is 16.0 Å². The van der Waals surface area contributed by atoms with Crippen molar-refractivity contribution in [2.24, 2.45) is 5.92 Å². The van der Waals surface area contributed by atoms with Crippen molar-refractivity contribution in [3.05, 3.63) is 29.8 Å². The molecule has 5 nitrogen and oxygen atoms in total. The van der Waals surface area contributed by atoms with Crippen molar-refractivity contribution in [1.82, 2.24) is 10.6 Å². The molecule has 2 amide bonds. The predicted octanol–water partition coefficient (Wildman–Crippen LogP) is 2.24. The topological polar surface area (TPSA) is 70.2 Å². The van der Waals surface area contributed by atoms with Gasteiger partial charge in [0.05, 0.1) is 12.0 Å². The van der Waals surface area contributed by atoms with Crippen molar-refractivity contribution in [1.29, 1.82) is 0 Å². The van der Waals surface area contributed by atoms with Gasteiger partial charge in [0.25, 0.3) is 0 Å². The fraction of sp³-hybridized carbons (Fsp3) is 0.500. The highest BCUT2D eigenvalue weighted by molar-refractivity contribution is 5.88. The van der Waals surface area contributed by atoms with E-state index in [4.69, 9.17) is 0 Å². The summed E-state index contributed by atoms with van der Waals surface area (Å²) in [6, 6.07) is 7.49. The van der Waals surface area contributed by atoms with Gasteiger partial charge in [0.15, 0.2) is 0 Å². The Morgan fingerprint density at radius 3 is 2.77 bits per heavy atom. The molecule has 0 aromatic heterocycles. The highest BCUT2D eigenvalue weighted by Gasteiger charge is 2.22. The number of carbonyl (C=O) groups excluding carboxylic acids is 2. The number of rotatable bonds is 4. The molecule has 1 heterocycles. The van der Waals surface area contributed by atoms with E-state index < -0.39 is 0 Å². The molecule has 1 fully saturated rings. The molecular weight excluding hydrogens is 302 g/mol. The molecule has 2 rings (SSSR count). The molecule has 22 heavy (non-hydrogen) atoms. The van der Waals surface area contributed by atoms with E-state index in [1.807, 2.05) is 31.2 Å². The Labute approximate surface area is 137 Å². The largest absolute Gasteiger partial charge is 0.349 e. The van der Waals surface area contributed by atoms with Gasteiger partial charge in [-0.25, -0.2) is 0 Å². The average Bonchev–Trinajstić information content (AvgIpc) is 2.47. The third-order valence-corrected chi connectivity index (χ3v) is 3.73. The number of anilines is 1. The second kappa shape index (κ2) is 8.76. The number of amides is 2.